The van der Waals surface area contributed by atoms with Crippen LogP contribution in [0.4, 0.5) is 0 Å². The normalized spacial score (nSPS) is 11.6. The predicted octanol–water partition coefficient (Wildman–Crippen LogP) is 2.12. The molecule has 84 valence electrons. The monoisotopic (exact) mass is 224 g/mol. The molecule has 0 radical (unpaired) electrons. The minimum atomic E-state index is -3.04. The zero-order chi connectivity index (χ0) is 11.0. The number of hydrogen-bond donors (Lipinski definition) is 1. The van der Waals surface area contributed by atoms with Gasteiger partial charge in [0.25, 0.3) is 0 Å². The van der Waals surface area contributed by atoms with Crippen LogP contribution in [0.25, 0.3) is 0 Å². The van der Waals surface area contributed by atoms with Gasteiger partial charge in [-0.3, -0.25) is 9.36 Å². The molecule has 0 fully saturated rings. The van der Waals surface area contributed by atoms with Gasteiger partial charge in [0, 0.05) is 6.42 Å². The average Bonchev–Trinajstić information content (AvgIpc) is 2.03. The maximum atomic E-state index is 11.8. The Morgan fingerprint density at radius 3 is 2.14 bits per heavy atom. The van der Waals surface area contributed by atoms with Gasteiger partial charge in [0.2, 0.25) is 0 Å². The Kier molecular flexibility index (Phi) is 6.79. The van der Waals surface area contributed by atoms with Crippen molar-refractivity contribution in [2.45, 2.75) is 26.7 Å². The van der Waals surface area contributed by atoms with Crippen LogP contribution in [0.2, 0.25) is 0 Å². The summed E-state index contributed by atoms with van der Waals surface area (Å²) in [5.41, 5.74) is 0. The van der Waals surface area contributed by atoms with Crippen molar-refractivity contribution in [1.29, 1.82) is 0 Å². The van der Waals surface area contributed by atoms with E-state index < -0.39 is 13.6 Å². The lowest BCUT2D eigenvalue weighted by Crippen LogP contribution is -2.02. The zero-order valence-corrected chi connectivity index (χ0v) is 9.46. The van der Waals surface area contributed by atoms with Crippen LogP contribution >= 0.6 is 7.60 Å². The molecule has 1 N–H and O–H groups in total. The molecule has 0 aromatic carbocycles. The van der Waals surface area contributed by atoms with Crippen LogP contribution in [-0.2, 0) is 18.4 Å². The van der Waals surface area contributed by atoms with Crippen LogP contribution in [0.15, 0.2) is 0 Å². The van der Waals surface area contributed by atoms with Crippen molar-refractivity contribution < 1.29 is 23.5 Å². The Morgan fingerprint density at radius 2 is 1.79 bits per heavy atom. The van der Waals surface area contributed by atoms with Crippen LogP contribution in [-0.4, -0.2) is 30.5 Å². The molecule has 0 unspecified atom stereocenters. The van der Waals surface area contributed by atoms with E-state index in [9.17, 15) is 9.36 Å². The average molecular weight is 224 g/mol. The molecule has 6 heteroatoms. The van der Waals surface area contributed by atoms with Crippen molar-refractivity contribution in [2.75, 3.05) is 19.4 Å². The summed E-state index contributed by atoms with van der Waals surface area (Å²) in [6.07, 6.45) is 0.470. The Balaban J connectivity index is 3.96. The third-order valence-electron chi connectivity index (χ3n) is 1.47. The molecule has 0 heterocycles. The van der Waals surface area contributed by atoms with Gasteiger partial charge in [0.15, 0.2) is 0 Å². The highest BCUT2D eigenvalue weighted by atomic mass is 31.2. The molecule has 0 aliphatic carbocycles. The van der Waals surface area contributed by atoms with E-state index in [0.717, 1.165) is 0 Å². The van der Waals surface area contributed by atoms with E-state index in [-0.39, 0.29) is 12.6 Å². The first-order chi connectivity index (χ1) is 6.54. The number of carbonyl (C=O) groups is 1. The highest BCUT2D eigenvalue weighted by Gasteiger charge is 2.22. The summed E-state index contributed by atoms with van der Waals surface area (Å²) in [4.78, 5) is 10.2. The molecular weight excluding hydrogens is 207 g/mol. The van der Waals surface area contributed by atoms with Gasteiger partial charge in [-0.1, -0.05) is 0 Å². The summed E-state index contributed by atoms with van der Waals surface area (Å²) >= 11 is 0. The highest BCUT2D eigenvalue weighted by molar-refractivity contribution is 7.53. The molecule has 0 saturated heterocycles. The van der Waals surface area contributed by atoms with Crippen LogP contribution in [0.1, 0.15) is 26.7 Å². The SMILES string of the molecule is CCOP(=O)(CCCC(=O)O)OCC. The molecule has 14 heavy (non-hydrogen) atoms. The molecule has 0 amide bonds. The Morgan fingerprint density at radius 1 is 1.29 bits per heavy atom. The first-order valence-corrected chi connectivity index (χ1v) is 6.36. The van der Waals surface area contributed by atoms with Crippen LogP contribution in [0.3, 0.4) is 0 Å². The third kappa shape index (κ3) is 6.13. The quantitative estimate of drug-likeness (QED) is 0.639. The van der Waals surface area contributed by atoms with E-state index in [1.54, 1.807) is 13.8 Å². The second-order valence-electron chi connectivity index (χ2n) is 2.67. The maximum absolute atomic E-state index is 11.8. The van der Waals surface area contributed by atoms with E-state index in [1.165, 1.54) is 0 Å². The lowest BCUT2D eigenvalue weighted by atomic mass is 10.3. The van der Waals surface area contributed by atoms with Crippen molar-refractivity contribution in [3.63, 3.8) is 0 Å². The van der Waals surface area contributed by atoms with Crippen LogP contribution in [0, 0.1) is 0 Å². The van der Waals surface area contributed by atoms with Gasteiger partial charge in [0.1, 0.15) is 0 Å². The van der Waals surface area contributed by atoms with Gasteiger partial charge < -0.3 is 14.2 Å². The first kappa shape index (κ1) is 13.6. The lowest BCUT2D eigenvalue weighted by Gasteiger charge is -2.16. The van der Waals surface area contributed by atoms with Gasteiger partial charge in [-0.25, -0.2) is 0 Å². The fraction of sp³-hybridized carbons (Fsp3) is 0.875. The smallest absolute Gasteiger partial charge is 0.330 e. The van der Waals surface area contributed by atoms with E-state index in [2.05, 4.69) is 0 Å². The molecule has 0 aliphatic heterocycles. The lowest BCUT2D eigenvalue weighted by molar-refractivity contribution is -0.137. The molecule has 0 saturated carbocycles. The summed E-state index contributed by atoms with van der Waals surface area (Å²) < 4.78 is 21.7. The molecule has 0 rings (SSSR count). The summed E-state index contributed by atoms with van der Waals surface area (Å²) in [5, 5.41) is 8.40. The first-order valence-electron chi connectivity index (χ1n) is 4.64. The maximum Gasteiger partial charge on any atom is 0.330 e. The van der Waals surface area contributed by atoms with Crippen molar-refractivity contribution in [1.82, 2.24) is 0 Å². The van der Waals surface area contributed by atoms with E-state index in [1.807, 2.05) is 0 Å². The highest BCUT2D eigenvalue weighted by Crippen LogP contribution is 2.48. The summed E-state index contributed by atoms with van der Waals surface area (Å²) in [5.74, 6) is -0.899. The van der Waals surface area contributed by atoms with Crippen molar-refractivity contribution in [3.05, 3.63) is 0 Å². The van der Waals surface area contributed by atoms with E-state index >= 15 is 0 Å². The molecule has 0 aliphatic rings. The molecule has 0 bridgehead atoms. The van der Waals surface area contributed by atoms with Crippen molar-refractivity contribution in [3.8, 4) is 0 Å². The molecule has 5 nitrogen and oxygen atoms in total. The molecule has 0 aromatic heterocycles. The summed E-state index contributed by atoms with van der Waals surface area (Å²) in [7, 11) is -3.04. The molecule has 0 aromatic rings. The zero-order valence-electron chi connectivity index (χ0n) is 8.56. The van der Waals surface area contributed by atoms with Gasteiger partial charge in [0.05, 0.1) is 19.4 Å². The summed E-state index contributed by atoms with van der Waals surface area (Å²) in [6, 6.07) is 0. The van der Waals surface area contributed by atoms with E-state index in [4.69, 9.17) is 14.2 Å². The van der Waals surface area contributed by atoms with Crippen LogP contribution < -0.4 is 0 Å². The number of aliphatic carboxylic acids is 1. The van der Waals surface area contributed by atoms with Gasteiger partial charge >= 0.3 is 13.6 Å². The third-order valence-corrected chi connectivity index (χ3v) is 3.64. The minimum Gasteiger partial charge on any atom is -0.481 e. The minimum absolute atomic E-state index is 0.00978. The number of carboxylic acid groups (broad SMARTS) is 1. The second kappa shape index (κ2) is 6.98. The Hall–Kier alpha value is -0.380. The molecular formula is C8H17O5P. The number of carboxylic acids is 1. The van der Waals surface area contributed by atoms with Crippen LogP contribution in [0.5, 0.6) is 0 Å². The van der Waals surface area contributed by atoms with Crippen molar-refractivity contribution >= 4 is 13.6 Å². The fourth-order valence-corrected chi connectivity index (χ4v) is 2.65. The number of hydrogen-bond acceptors (Lipinski definition) is 4. The standard InChI is InChI=1S/C8H17O5P/c1-3-12-14(11,13-4-2)7-5-6-8(9)10/h3-7H2,1-2H3,(H,9,10). The number of rotatable bonds is 8. The Labute approximate surface area is 83.9 Å². The van der Waals surface area contributed by atoms with Gasteiger partial charge in [-0.2, -0.15) is 0 Å². The molecule has 0 atom stereocenters. The van der Waals surface area contributed by atoms with Gasteiger partial charge in [-0.05, 0) is 20.3 Å². The van der Waals surface area contributed by atoms with Crippen molar-refractivity contribution in [2.24, 2.45) is 0 Å². The van der Waals surface area contributed by atoms with Gasteiger partial charge in [-0.15, -0.1) is 0 Å². The largest absolute Gasteiger partial charge is 0.481 e. The fourth-order valence-electron chi connectivity index (χ4n) is 0.984. The summed E-state index contributed by atoms with van der Waals surface area (Å²) in [6.45, 7) is 4.07. The molecule has 0 spiro atoms. The second-order valence-corrected chi connectivity index (χ2v) is 4.85. The Bertz CT molecular complexity index is 206. The predicted molar refractivity (Wildman–Crippen MR) is 52.6 cm³/mol. The van der Waals surface area contributed by atoms with E-state index in [0.29, 0.717) is 19.6 Å². The topological polar surface area (TPSA) is 72.8 Å².